The molecular weight excluding hydrogens is 244 g/mol. The van der Waals surface area contributed by atoms with Crippen molar-refractivity contribution in [2.75, 3.05) is 6.61 Å². The Morgan fingerprint density at radius 3 is 2.32 bits per heavy atom. The summed E-state index contributed by atoms with van der Waals surface area (Å²) in [4.78, 5) is 21.5. The van der Waals surface area contributed by atoms with Crippen molar-refractivity contribution in [3.05, 3.63) is 23.3 Å². The van der Waals surface area contributed by atoms with Crippen molar-refractivity contribution < 1.29 is 19.4 Å². The molecule has 0 aromatic heterocycles. The van der Waals surface area contributed by atoms with Gasteiger partial charge in [0.15, 0.2) is 0 Å². The van der Waals surface area contributed by atoms with Gasteiger partial charge in [-0.3, -0.25) is 9.59 Å². The third-order valence-corrected chi connectivity index (χ3v) is 2.54. The van der Waals surface area contributed by atoms with Crippen LogP contribution < -0.4 is 0 Å². The minimum absolute atomic E-state index is 0.00662. The van der Waals surface area contributed by atoms with Gasteiger partial charge < -0.3 is 9.84 Å². The number of esters is 1. The molecule has 4 nitrogen and oxygen atoms in total. The number of carbonyl (C=O) groups excluding carboxylic acids is 1. The molecular formula is C15H24O4. The maximum atomic E-state index is 11.3. The molecule has 0 rings (SSSR count). The number of hydrogen-bond donors (Lipinski definition) is 1. The molecule has 0 radical (unpaired) electrons. The van der Waals surface area contributed by atoms with Gasteiger partial charge in [0.05, 0.1) is 0 Å². The summed E-state index contributed by atoms with van der Waals surface area (Å²) >= 11 is 0. The monoisotopic (exact) mass is 268 g/mol. The zero-order valence-corrected chi connectivity index (χ0v) is 12.1. The zero-order valence-electron chi connectivity index (χ0n) is 12.1. The van der Waals surface area contributed by atoms with Crippen molar-refractivity contribution in [1.29, 1.82) is 0 Å². The molecule has 0 aliphatic heterocycles. The van der Waals surface area contributed by atoms with Crippen molar-refractivity contribution in [3.63, 3.8) is 0 Å². The fourth-order valence-electron chi connectivity index (χ4n) is 1.42. The van der Waals surface area contributed by atoms with E-state index in [4.69, 9.17) is 9.84 Å². The van der Waals surface area contributed by atoms with E-state index in [1.54, 1.807) is 0 Å². The third kappa shape index (κ3) is 12.7. The Hall–Kier alpha value is -1.58. The normalized spacial score (nSPS) is 11.0. The molecule has 19 heavy (non-hydrogen) atoms. The van der Waals surface area contributed by atoms with Crippen LogP contribution in [0.4, 0.5) is 0 Å². The topological polar surface area (TPSA) is 63.6 Å². The average Bonchev–Trinajstić information content (AvgIpc) is 2.27. The van der Waals surface area contributed by atoms with Gasteiger partial charge in [0.2, 0.25) is 0 Å². The first kappa shape index (κ1) is 17.4. The molecule has 0 saturated heterocycles. The van der Waals surface area contributed by atoms with E-state index in [1.807, 2.05) is 13.0 Å². The first-order chi connectivity index (χ1) is 8.91. The van der Waals surface area contributed by atoms with Crippen LogP contribution in [-0.2, 0) is 14.3 Å². The summed E-state index contributed by atoms with van der Waals surface area (Å²) in [5.41, 5.74) is 2.49. The number of carbonyl (C=O) groups is 2. The van der Waals surface area contributed by atoms with Crippen LogP contribution in [0.25, 0.3) is 0 Å². The number of allylic oxidation sites excluding steroid dienone is 3. The minimum Gasteiger partial charge on any atom is -0.481 e. The smallest absolute Gasteiger partial charge is 0.306 e. The number of carboxylic acids is 1. The minimum atomic E-state index is -0.886. The molecule has 0 aliphatic rings. The van der Waals surface area contributed by atoms with Crippen LogP contribution in [0.1, 0.15) is 52.9 Å². The first-order valence-electron chi connectivity index (χ1n) is 6.58. The van der Waals surface area contributed by atoms with Gasteiger partial charge in [-0.25, -0.2) is 0 Å². The van der Waals surface area contributed by atoms with Gasteiger partial charge in [-0.05, 0) is 46.1 Å². The van der Waals surface area contributed by atoms with E-state index in [-0.39, 0.29) is 25.4 Å². The van der Waals surface area contributed by atoms with Crippen LogP contribution in [-0.4, -0.2) is 23.7 Å². The number of rotatable bonds is 9. The second kappa shape index (κ2) is 10.4. The van der Waals surface area contributed by atoms with Crippen LogP contribution in [0, 0.1) is 0 Å². The van der Waals surface area contributed by atoms with Crippen molar-refractivity contribution in [1.82, 2.24) is 0 Å². The number of carboxylic acid groups (broad SMARTS) is 1. The molecule has 0 spiro atoms. The van der Waals surface area contributed by atoms with Gasteiger partial charge in [0.1, 0.15) is 6.61 Å². The lowest BCUT2D eigenvalue weighted by Gasteiger charge is -2.02. The highest BCUT2D eigenvalue weighted by Gasteiger charge is 2.04. The van der Waals surface area contributed by atoms with E-state index in [1.165, 1.54) is 11.1 Å². The van der Waals surface area contributed by atoms with Crippen LogP contribution in [0.3, 0.4) is 0 Å². The molecule has 0 saturated carbocycles. The Morgan fingerprint density at radius 2 is 1.74 bits per heavy atom. The fourth-order valence-corrected chi connectivity index (χ4v) is 1.42. The SMILES string of the molecule is CC(C)=CCC/C(C)=C/COC(=O)CCCC(=O)O. The van der Waals surface area contributed by atoms with Crippen molar-refractivity contribution >= 4 is 11.9 Å². The molecule has 0 amide bonds. The summed E-state index contributed by atoms with van der Waals surface area (Å²) in [6.07, 6.45) is 6.53. The van der Waals surface area contributed by atoms with E-state index < -0.39 is 5.97 Å². The van der Waals surface area contributed by atoms with E-state index in [0.717, 1.165) is 12.8 Å². The summed E-state index contributed by atoms with van der Waals surface area (Å²) in [7, 11) is 0. The largest absolute Gasteiger partial charge is 0.481 e. The third-order valence-electron chi connectivity index (χ3n) is 2.54. The van der Waals surface area contributed by atoms with Gasteiger partial charge >= 0.3 is 11.9 Å². The molecule has 0 aromatic carbocycles. The lowest BCUT2D eigenvalue weighted by Crippen LogP contribution is -2.06. The summed E-state index contributed by atoms with van der Waals surface area (Å²) < 4.78 is 5.00. The maximum absolute atomic E-state index is 11.3. The van der Waals surface area contributed by atoms with Gasteiger partial charge in [-0.2, -0.15) is 0 Å². The number of ether oxygens (including phenoxy) is 1. The molecule has 0 bridgehead atoms. The average molecular weight is 268 g/mol. The first-order valence-corrected chi connectivity index (χ1v) is 6.58. The van der Waals surface area contributed by atoms with Crippen LogP contribution in [0.2, 0.25) is 0 Å². The molecule has 0 heterocycles. The summed E-state index contributed by atoms with van der Waals surface area (Å²) in [5, 5.41) is 8.43. The highest BCUT2D eigenvalue weighted by Crippen LogP contribution is 2.06. The van der Waals surface area contributed by atoms with Gasteiger partial charge in [-0.1, -0.05) is 17.2 Å². The van der Waals surface area contributed by atoms with E-state index in [9.17, 15) is 9.59 Å². The number of hydrogen-bond acceptors (Lipinski definition) is 3. The highest BCUT2D eigenvalue weighted by molar-refractivity contribution is 5.71. The van der Waals surface area contributed by atoms with Crippen molar-refractivity contribution in [3.8, 4) is 0 Å². The predicted octanol–water partition coefficient (Wildman–Crippen LogP) is 3.48. The molecule has 0 fully saturated rings. The van der Waals surface area contributed by atoms with Crippen molar-refractivity contribution in [2.24, 2.45) is 0 Å². The van der Waals surface area contributed by atoms with E-state index >= 15 is 0 Å². The van der Waals surface area contributed by atoms with Gasteiger partial charge in [-0.15, -0.1) is 0 Å². The molecule has 0 atom stereocenters. The van der Waals surface area contributed by atoms with Crippen LogP contribution in [0.15, 0.2) is 23.3 Å². The van der Waals surface area contributed by atoms with Gasteiger partial charge in [0, 0.05) is 12.8 Å². The Bertz CT molecular complexity index is 349. The Labute approximate surface area is 115 Å². The second-order valence-electron chi connectivity index (χ2n) is 4.80. The van der Waals surface area contributed by atoms with Crippen molar-refractivity contribution in [2.45, 2.75) is 52.9 Å². The second-order valence-corrected chi connectivity index (χ2v) is 4.80. The van der Waals surface area contributed by atoms with Crippen LogP contribution in [0.5, 0.6) is 0 Å². The lowest BCUT2D eigenvalue weighted by molar-refractivity contribution is -0.142. The lowest BCUT2D eigenvalue weighted by atomic mass is 10.1. The van der Waals surface area contributed by atoms with Gasteiger partial charge in [0.25, 0.3) is 0 Å². The molecule has 0 aliphatic carbocycles. The number of aliphatic carboxylic acids is 1. The maximum Gasteiger partial charge on any atom is 0.306 e. The molecule has 0 unspecified atom stereocenters. The highest BCUT2D eigenvalue weighted by atomic mass is 16.5. The summed E-state index contributed by atoms with van der Waals surface area (Å²) in [5.74, 6) is -1.22. The summed E-state index contributed by atoms with van der Waals surface area (Å²) in [6.45, 7) is 6.42. The molecule has 108 valence electrons. The Morgan fingerprint density at radius 1 is 1.05 bits per heavy atom. The fraction of sp³-hybridized carbons (Fsp3) is 0.600. The standard InChI is InChI=1S/C15H24O4/c1-12(2)6-4-7-13(3)10-11-19-15(18)9-5-8-14(16)17/h6,10H,4-5,7-9,11H2,1-3H3,(H,16,17)/b13-10+. The molecule has 0 aromatic rings. The van der Waals surface area contributed by atoms with Crippen LogP contribution >= 0.6 is 0 Å². The van der Waals surface area contributed by atoms with E-state index in [0.29, 0.717) is 6.42 Å². The Balaban J connectivity index is 3.72. The quantitative estimate of drug-likeness (QED) is 0.513. The van der Waals surface area contributed by atoms with E-state index in [2.05, 4.69) is 19.9 Å². The zero-order chi connectivity index (χ0) is 14.7. The Kier molecular flexibility index (Phi) is 9.49. The molecule has 4 heteroatoms. The molecule has 1 N–H and O–H groups in total. The predicted molar refractivity (Wildman–Crippen MR) is 74.9 cm³/mol. The summed E-state index contributed by atoms with van der Waals surface area (Å²) in [6, 6.07) is 0.